The van der Waals surface area contributed by atoms with Crippen LogP contribution in [-0.2, 0) is 10.0 Å². The fourth-order valence-electron chi connectivity index (χ4n) is 4.32. The van der Waals surface area contributed by atoms with Crippen molar-refractivity contribution in [2.24, 2.45) is 0 Å². The molecule has 2 aromatic carbocycles. The van der Waals surface area contributed by atoms with Gasteiger partial charge in [-0.2, -0.15) is 0 Å². The maximum atomic E-state index is 13.4. The van der Waals surface area contributed by atoms with Crippen LogP contribution in [0.2, 0.25) is 0 Å². The third-order valence-corrected chi connectivity index (χ3v) is 7.88. The van der Waals surface area contributed by atoms with E-state index >= 15 is 0 Å². The highest BCUT2D eigenvalue weighted by atomic mass is 32.2. The molecule has 0 atom stereocenters. The third kappa shape index (κ3) is 5.31. The second-order valence-corrected chi connectivity index (χ2v) is 10.6. The van der Waals surface area contributed by atoms with Crippen molar-refractivity contribution in [1.82, 2.24) is 15.1 Å². The molecular weight excluding hydrogens is 438 g/mol. The van der Waals surface area contributed by atoms with E-state index in [4.69, 9.17) is 0 Å². The zero-order valence-electron chi connectivity index (χ0n) is 19.6. The van der Waals surface area contributed by atoms with Crippen LogP contribution < -0.4 is 14.9 Å². The number of aryl methyl sites for hydroxylation is 2. The normalized spacial score (nSPS) is 17.8. The lowest BCUT2D eigenvalue weighted by Gasteiger charge is -2.33. The first-order chi connectivity index (χ1) is 15.7. The smallest absolute Gasteiger partial charge is 0.262 e. The zero-order chi connectivity index (χ0) is 23.6. The second kappa shape index (κ2) is 9.70. The molecule has 0 unspecified atom stereocenters. The molecule has 8 nitrogen and oxygen atoms in total. The van der Waals surface area contributed by atoms with E-state index in [1.165, 1.54) is 0 Å². The van der Waals surface area contributed by atoms with Gasteiger partial charge in [0.1, 0.15) is 0 Å². The topological polar surface area (TPSA) is 85.0 Å². The first-order valence-corrected chi connectivity index (χ1v) is 12.9. The van der Waals surface area contributed by atoms with Gasteiger partial charge in [-0.25, -0.2) is 8.42 Å². The summed E-state index contributed by atoms with van der Waals surface area (Å²) in [4.78, 5) is 19.6. The van der Waals surface area contributed by atoms with Crippen molar-refractivity contribution in [2.75, 3.05) is 69.0 Å². The number of piperazine rings is 2. The molecule has 9 heteroatoms. The van der Waals surface area contributed by atoms with Crippen LogP contribution in [0.3, 0.4) is 0 Å². The fraction of sp³-hybridized carbons (Fsp3) is 0.458. The van der Waals surface area contributed by atoms with Gasteiger partial charge in [-0.15, -0.1) is 0 Å². The largest absolute Gasteiger partial charge is 0.367 e. The monoisotopic (exact) mass is 471 g/mol. The molecule has 2 aliphatic rings. The predicted octanol–water partition coefficient (Wildman–Crippen LogP) is 1.90. The number of nitrogens with zero attached hydrogens (tertiary/aromatic N) is 3. The summed E-state index contributed by atoms with van der Waals surface area (Å²) in [5.74, 6) is -0.0675. The van der Waals surface area contributed by atoms with Crippen molar-refractivity contribution in [1.29, 1.82) is 0 Å². The Bertz CT molecular complexity index is 1120. The molecule has 0 spiro atoms. The molecule has 0 aromatic heterocycles. The van der Waals surface area contributed by atoms with Gasteiger partial charge in [-0.3, -0.25) is 9.52 Å². The Balaban J connectivity index is 1.69. The number of anilines is 2. The van der Waals surface area contributed by atoms with Crippen LogP contribution in [0.4, 0.5) is 11.4 Å². The highest BCUT2D eigenvalue weighted by molar-refractivity contribution is 7.92. The predicted molar refractivity (Wildman–Crippen MR) is 132 cm³/mol. The van der Waals surface area contributed by atoms with Crippen molar-refractivity contribution in [3.63, 3.8) is 0 Å². The van der Waals surface area contributed by atoms with E-state index in [0.29, 0.717) is 29.9 Å². The molecule has 0 bridgehead atoms. The second-order valence-electron chi connectivity index (χ2n) is 8.94. The van der Waals surface area contributed by atoms with Crippen LogP contribution in [0.25, 0.3) is 0 Å². The number of nitrogens with one attached hydrogen (secondary N) is 2. The van der Waals surface area contributed by atoms with E-state index in [0.717, 1.165) is 50.5 Å². The quantitative estimate of drug-likeness (QED) is 0.693. The highest BCUT2D eigenvalue weighted by Crippen LogP contribution is 2.31. The maximum Gasteiger partial charge on any atom is 0.262 e. The third-order valence-electron chi connectivity index (χ3n) is 6.37. The molecule has 2 aliphatic heterocycles. The standard InChI is InChI=1S/C24H33N5O3S/c1-18-4-5-19(2)23(16-18)33(31,32)26-21-17-20(24(30)29-14-12-27(3)13-15-29)6-7-22(21)28-10-8-25-9-11-28/h4-7,16-17,25-26H,8-15H2,1-3H3. The molecule has 0 radical (unpaired) electrons. The summed E-state index contributed by atoms with van der Waals surface area (Å²) in [6, 6.07) is 10.8. The van der Waals surface area contributed by atoms with Crippen LogP contribution in [0.5, 0.6) is 0 Å². The number of rotatable bonds is 5. The molecule has 2 aromatic rings. The van der Waals surface area contributed by atoms with Crippen LogP contribution in [0, 0.1) is 13.8 Å². The average Bonchev–Trinajstić information content (AvgIpc) is 2.81. The molecule has 0 saturated carbocycles. The minimum atomic E-state index is -3.83. The number of likely N-dealkylation sites (N-methyl/N-ethyl adjacent to an activating group) is 1. The number of amides is 1. The van der Waals surface area contributed by atoms with Gasteiger partial charge >= 0.3 is 0 Å². The highest BCUT2D eigenvalue weighted by Gasteiger charge is 2.25. The lowest BCUT2D eigenvalue weighted by molar-refractivity contribution is 0.0664. The van der Waals surface area contributed by atoms with Gasteiger partial charge in [0.2, 0.25) is 0 Å². The van der Waals surface area contributed by atoms with Crippen molar-refractivity contribution >= 4 is 27.3 Å². The molecular formula is C24H33N5O3S. The molecule has 178 valence electrons. The first kappa shape index (κ1) is 23.5. The summed E-state index contributed by atoms with van der Waals surface area (Å²) in [6.45, 7) is 9.84. The molecule has 33 heavy (non-hydrogen) atoms. The molecule has 2 N–H and O–H groups in total. The summed E-state index contributed by atoms with van der Waals surface area (Å²) in [6.07, 6.45) is 0. The van der Waals surface area contributed by atoms with Gasteiger partial charge in [-0.05, 0) is 56.3 Å². The lowest BCUT2D eigenvalue weighted by atomic mass is 10.1. The summed E-state index contributed by atoms with van der Waals surface area (Å²) >= 11 is 0. The van der Waals surface area contributed by atoms with E-state index in [9.17, 15) is 13.2 Å². The van der Waals surface area contributed by atoms with Crippen LogP contribution >= 0.6 is 0 Å². The van der Waals surface area contributed by atoms with Crippen LogP contribution in [0.15, 0.2) is 41.3 Å². The number of hydrogen-bond donors (Lipinski definition) is 2. The zero-order valence-corrected chi connectivity index (χ0v) is 20.4. The molecule has 2 saturated heterocycles. The minimum absolute atomic E-state index is 0.0675. The van der Waals surface area contributed by atoms with Crippen molar-refractivity contribution in [2.45, 2.75) is 18.7 Å². The maximum absolute atomic E-state index is 13.4. The minimum Gasteiger partial charge on any atom is -0.367 e. The molecule has 2 fully saturated rings. The Kier molecular flexibility index (Phi) is 6.92. The Hall–Kier alpha value is -2.62. The first-order valence-electron chi connectivity index (χ1n) is 11.4. The van der Waals surface area contributed by atoms with Crippen molar-refractivity contribution < 1.29 is 13.2 Å². The van der Waals surface area contributed by atoms with E-state index < -0.39 is 10.0 Å². The summed E-state index contributed by atoms with van der Waals surface area (Å²) in [7, 11) is -1.78. The SMILES string of the molecule is Cc1ccc(C)c(S(=O)(=O)Nc2cc(C(=O)N3CCN(C)CC3)ccc2N2CCNCC2)c1. The average molecular weight is 472 g/mol. The van der Waals surface area contributed by atoms with E-state index in [1.807, 2.05) is 43.1 Å². The van der Waals surface area contributed by atoms with Gasteiger partial charge in [0, 0.05) is 57.9 Å². The van der Waals surface area contributed by atoms with Crippen molar-refractivity contribution in [3.05, 3.63) is 53.1 Å². The van der Waals surface area contributed by atoms with E-state index in [1.54, 1.807) is 19.1 Å². The Labute approximate surface area is 196 Å². The number of carbonyl (C=O) groups excluding carboxylic acids is 1. The summed E-state index contributed by atoms with van der Waals surface area (Å²) < 4.78 is 29.6. The number of carbonyl (C=O) groups is 1. The van der Waals surface area contributed by atoms with Gasteiger partial charge < -0.3 is 20.0 Å². The van der Waals surface area contributed by atoms with Crippen LogP contribution in [-0.4, -0.2) is 83.5 Å². The Morgan fingerprint density at radius 2 is 1.64 bits per heavy atom. The number of sulfonamides is 1. The molecule has 0 aliphatic carbocycles. The van der Waals surface area contributed by atoms with Gasteiger partial charge in [-0.1, -0.05) is 12.1 Å². The van der Waals surface area contributed by atoms with Gasteiger partial charge in [0.15, 0.2) is 0 Å². The summed E-state index contributed by atoms with van der Waals surface area (Å²) in [5.41, 5.74) is 3.29. The van der Waals surface area contributed by atoms with E-state index in [2.05, 4.69) is 19.8 Å². The Morgan fingerprint density at radius 1 is 0.939 bits per heavy atom. The fourth-order valence-corrected chi connectivity index (χ4v) is 5.72. The van der Waals surface area contributed by atoms with Gasteiger partial charge in [0.25, 0.3) is 15.9 Å². The molecule has 1 amide bonds. The lowest BCUT2D eigenvalue weighted by Crippen LogP contribution is -2.47. The Morgan fingerprint density at radius 3 is 2.33 bits per heavy atom. The van der Waals surface area contributed by atoms with E-state index in [-0.39, 0.29) is 10.8 Å². The van der Waals surface area contributed by atoms with Gasteiger partial charge in [0.05, 0.1) is 16.3 Å². The number of benzene rings is 2. The molecule has 2 heterocycles. The molecule has 4 rings (SSSR count). The van der Waals surface area contributed by atoms with Crippen LogP contribution in [0.1, 0.15) is 21.5 Å². The summed E-state index contributed by atoms with van der Waals surface area (Å²) in [5, 5.41) is 3.32. The number of hydrogen-bond acceptors (Lipinski definition) is 6. The van der Waals surface area contributed by atoms with Crippen molar-refractivity contribution in [3.8, 4) is 0 Å².